The van der Waals surface area contributed by atoms with Gasteiger partial charge in [-0.25, -0.2) is 8.42 Å². The van der Waals surface area contributed by atoms with E-state index in [0.29, 0.717) is 12.4 Å². The summed E-state index contributed by atoms with van der Waals surface area (Å²) in [5.74, 6) is 0.425. The fraction of sp³-hybridized carbons (Fsp3) is 0.714. The van der Waals surface area contributed by atoms with Gasteiger partial charge in [0.2, 0.25) is 0 Å². The van der Waals surface area contributed by atoms with Crippen LogP contribution in [-0.4, -0.2) is 30.2 Å². The molecule has 1 aromatic heterocycles. The Bertz CT molecular complexity index is 438. The molecule has 1 aliphatic heterocycles. The van der Waals surface area contributed by atoms with Crippen LogP contribution < -0.4 is 0 Å². The van der Waals surface area contributed by atoms with Crippen LogP contribution in [0.1, 0.15) is 31.2 Å². The first-order chi connectivity index (χ1) is 7.07. The Balaban J connectivity index is 2.19. The average Bonchev–Trinajstić information content (AvgIpc) is 2.67. The monoisotopic (exact) mass is 251 g/mol. The van der Waals surface area contributed by atoms with Gasteiger partial charge in [0.05, 0.1) is 0 Å². The van der Waals surface area contributed by atoms with Gasteiger partial charge in [-0.05, 0) is 19.3 Å². The van der Waals surface area contributed by atoms with E-state index < -0.39 is 14.2 Å². The lowest BCUT2D eigenvalue weighted by molar-refractivity contribution is 0.00955. The standard InChI is InChI=1S/C7H10ClN3O3S/c8-15(12,13)7-9-6(10-11-7)5-3-1-2-4-14-5/h5H,1-4H2,(H,9,10,11). The smallest absolute Gasteiger partial charge is 0.298 e. The second-order valence-corrected chi connectivity index (χ2v) is 5.76. The SMILES string of the molecule is O=S(=O)(Cl)c1n[nH]c(C2CCCCO2)n1. The van der Waals surface area contributed by atoms with E-state index in [2.05, 4.69) is 15.2 Å². The van der Waals surface area contributed by atoms with Crippen molar-refractivity contribution in [3.63, 3.8) is 0 Å². The molecule has 15 heavy (non-hydrogen) atoms. The Labute approximate surface area is 91.4 Å². The number of nitrogens with zero attached hydrogens (tertiary/aromatic N) is 2. The first-order valence-corrected chi connectivity index (χ1v) is 6.87. The van der Waals surface area contributed by atoms with Crippen molar-refractivity contribution in [2.45, 2.75) is 30.5 Å². The van der Waals surface area contributed by atoms with E-state index >= 15 is 0 Å². The molecule has 0 bridgehead atoms. The van der Waals surface area contributed by atoms with E-state index in [1.54, 1.807) is 0 Å². The zero-order chi connectivity index (χ0) is 10.9. The number of H-pyrrole nitrogens is 1. The zero-order valence-corrected chi connectivity index (χ0v) is 9.38. The molecule has 1 saturated heterocycles. The predicted molar refractivity (Wildman–Crippen MR) is 52.0 cm³/mol. The Morgan fingerprint density at radius 1 is 1.47 bits per heavy atom. The van der Waals surface area contributed by atoms with Gasteiger partial charge in [-0.3, -0.25) is 5.10 Å². The number of aromatic nitrogens is 3. The molecule has 8 heteroatoms. The first-order valence-electron chi connectivity index (χ1n) is 4.56. The van der Waals surface area contributed by atoms with Crippen molar-refractivity contribution in [3.8, 4) is 0 Å². The van der Waals surface area contributed by atoms with Crippen LogP contribution >= 0.6 is 10.7 Å². The van der Waals surface area contributed by atoms with Crippen LogP contribution in [0.2, 0.25) is 0 Å². The predicted octanol–water partition coefficient (Wildman–Crippen LogP) is 0.974. The lowest BCUT2D eigenvalue weighted by atomic mass is 10.1. The van der Waals surface area contributed by atoms with Crippen molar-refractivity contribution in [1.29, 1.82) is 0 Å². The molecule has 0 spiro atoms. The van der Waals surface area contributed by atoms with Crippen LogP contribution in [0.3, 0.4) is 0 Å². The Morgan fingerprint density at radius 2 is 2.27 bits per heavy atom. The lowest BCUT2D eigenvalue weighted by Gasteiger charge is -2.19. The zero-order valence-electron chi connectivity index (χ0n) is 7.81. The van der Waals surface area contributed by atoms with Crippen LogP contribution in [-0.2, 0) is 13.8 Å². The number of halogens is 1. The summed E-state index contributed by atoms with van der Waals surface area (Å²) in [6.07, 6.45) is 2.68. The number of hydrogen-bond acceptors (Lipinski definition) is 5. The molecular weight excluding hydrogens is 242 g/mol. The van der Waals surface area contributed by atoms with E-state index in [1.807, 2.05) is 0 Å². The van der Waals surface area contributed by atoms with Gasteiger partial charge in [-0.1, -0.05) is 0 Å². The Hall–Kier alpha value is -0.660. The molecule has 2 heterocycles. The van der Waals surface area contributed by atoms with Crippen LogP contribution in [0, 0.1) is 0 Å². The lowest BCUT2D eigenvalue weighted by Crippen LogP contribution is -2.12. The van der Waals surface area contributed by atoms with Crippen molar-refractivity contribution in [2.24, 2.45) is 0 Å². The van der Waals surface area contributed by atoms with Crippen LogP contribution in [0.15, 0.2) is 5.16 Å². The molecule has 1 atom stereocenters. The normalized spacial score (nSPS) is 22.9. The second-order valence-electron chi connectivity index (χ2n) is 3.30. The third kappa shape index (κ3) is 2.47. The van der Waals surface area contributed by atoms with E-state index in [-0.39, 0.29) is 6.10 Å². The molecule has 1 unspecified atom stereocenters. The molecule has 1 aromatic rings. The second kappa shape index (κ2) is 4.07. The third-order valence-corrected chi connectivity index (χ3v) is 3.22. The van der Waals surface area contributed by atoms with Crippen molar-refractivity contribution in [2.75, 3.05) is 6.61 Å². The first kappa shape index (κ1) is 10.8. The summed E-state index contributed by atoms with van der Waals surface area (Å²) in [6, 6.07) is 0. The third-order valence-electron chi connectivity index (χ3n) is 2.18. The maximum Gasteiger partial charge on any atom is 0.298 e. The number of aromatic amines is 1. The maximum absolute atomic E-state index is 10.9. The molecule has 1 aliphatic rings. The number of rotatable bonds is 2. The number of nitrogens with one attached hydrogen (secondary N) is 1. The van der Waals surface area contributed by atoms with Crippen molar-refractivity contribution in [1.82, 2.24) is 15.2 Å². The van der Waals surface area contributed by atoms with Gasteiger partial charge in [0.25, 0.3) is 14.2 Å². The fourth-order valence-corrected chi connectivity index (χ4v) is 2.04. The Kier molecular flexibility index (Phi) is 2.94. The van der Waals surface area contributed by atoms with E-state index in [0.717, 1.165) is 19.3 Å². The highest BCUT2D eigenvalue weighted by molar-refractivity contribution is 8.13. The number of ether oxygens (including phenoxy) is 1. The van der Waals surface area contributed by atoms with Gasteiger partial charge in [0.15, 0.2) is 5.82 Å². The molecular formula is C7H10ClN3O3S. The average molecular weight is 252 g/mol. The quantitative estimate of drug-likeness (QED) is 0.792. The molecule has 1 fully saturated rings. The van der Waals surface area contributed by atoms with Crippen LogP contribution in [0.25, 0.3) is 0 Å². The highest BCUT2D eigenvalue weighted by Crippen LogP contribution is 2.25. The maximum atomic E-state index is 10.9. The molecule has 84 valence electrons. The molecule has 6 nitrogen and oxygen atoms in total. The largest absolute Gasteiger partial charge is 0.370 e. The van der Waals surface area contributed by atoms with Crippen molar-refractivity contribution >= 4 is 19.7 Å². The van der Waals surface area contributed by atoms with Gasteiger partial charge < -0.3 is 4.74 Å². The molecule has 1 N–H and O–H groups in total. The summed E-state index contributed by atoms with van der Waals surface area (Å²) >= 11 is 0. The fourth-order valence-electron chi connectivity index (χ4n) is 1.47. The van der Waals surface area contributed by atoms with E-state index in [1.165, 1.54) is 0 Å². The van der Waals surface area contributed by atoms with Crippen molar-refractivity contribution < 1.29 is 13.2 Å². The minimum Gasteiger partial charge on any atom is -0.370 e. The highest BCUT2D eigenvalue weighted by atomic mass is 35.7. The van der Waals surface area contributed by atoms with Crippen molar-refractivity contribution in [3.05, 3.63) is 5.82 Å². The van der Waals surface area contributed by atoms with Gasteiger partial charge >= 0.3 is 0 Å². The van der Waals surface area contributed by atoms with E-state index in [4.69, 9.17) is 15.4 Å². The molecule has 0 aromatic carbocycles. The van der Waals surface area contributed by atoms with Gasteiger partial charge in [-0.2, -0.15) is 4.98 Å². The van der Waals surface area contributed by atoms with Gasteiger partial charge in [-0.15, -0.1) is 5.10 Å². The summed E-state index contributed by atoms with van der Waals surface area (Å²) in [6.45, 7) is 0.661. The van der Waals surface area contributed by atoms with Gasteiger partial charge in [0, 0.05) is 17.3 Å². The Morgan fingerprint density at radius 3 is 2.80 bits per heavy atom. The van der Waals surface area contributed by atoms with Crippen LogP contribution in [0.5, 0.6) is 0 Å². The summed E-state index contributed by atoms with van der Waals surface area (Å²) in [5, 5.41) is 5.66. The summed E-state index contributed by atoms with van der Waals surface area (Å²) in [5.41, 5.74) is 0. The van der Waals surface area contributed by atoms with Crippen LogP contribution in [0.4, 0.5) is 0 Å². The molecule has 2 rings (SSSR count). The summed E-state index contributed by atoms with van der Waals surface area (Å²) in [7, 11) is 1.24. The summed E-state index contributed by atoms with van der Waals surface area (Å²) in [4.78, 5) is 3.79. The molecule has 0 radical (unpaired) electrons. The highest BCUT2D eigenvalue weighted by Gasteiger charge is 2.23. The minimum atomic E-state index is -3.86. The molecule has 0 saturated carbocycles. The molecule has 0 amide bonds. The number of hydrogen-bond donors (Lipinski definition) is 1. The minimum absolute atomic E-state index is 0.196. The van der Waals surface area contributed by atoms with Gasteiger partial charge in [0.1, 0.15) is 6.10 Å². The van der Waals surface area contributed by atoms with E-state index in [9.17, 15) is 8.42 Å². The molecule has 0 aliphatic carbocycles. The summed E-state index contributed by atoms with van der Waals surface area (Å²) < 4.78 is 27.2. The topological polar surface area (TPSA) is 84.9 Å².